The van der Waals surface area contributed by atoms with Crippen molar-refractivity contribution in [2.45, 2.75) is 51.2 Å². The van der Waals surface area contributed by atoms with Gasteiger partial charge in [0, 0.05) is 38.8 Å². The molecule has 0 atom stereocenters. The zero-order valence-electron chi connectivity index (χ0n) is 16.6. The Balaban J connectivity index is 0.00000364. The average molecular weight is 488 g/mol. The maximum Gasteiger partial charge on any atom is 0.253 e. The first-order chi connectivity index (χ1) is 12.5. The second-order valence-electron chi connectivity index (χ2n) is 7.06. The highest BCUT2D eigenvalue weighted by atomic mass is 127. The minimum Gasteiger partial charge on any atom is -0.393 e. The second-order valence-corrected chi connectivity index (χ2v) is 7.06. The zero-order valence-corrected chi connectivity index (χ0v) is 18.9. The van der Waals surface area contributed by atoms with Crippen molar-refractivity contribution in [2.75, 3.05) is 27.2 Å². The Bertz CT molecular complexity index is 614. The quantitative estimate of drug-likeness (QED) is 0.327. The van der Waals surface area contributed by atoms with Crippen LogP contribution < -0.4 is 10.6 Å². The van der Waals surface area contributed by atoms with Gasteiger partial charge in [0.2, 0.25) is 0 Å². The smallest absolute Gasteiger partial charge is 0.253 e. The predicted molar refractivity (Wildman–Crippen MR) is 121 cm³/mol. The molecule has 0 aromatic heterocycles. The summed E-state index contributed by atoms with van der Waals surface area (Å²) in [6.45, 7) is 3.52. The topological polar surface area (TPSA) is 77.0 Å². The third-order valence-electron chi connectivity index (χ3n) is 4.63. The lowest BCUT2D eigenvalue weighted by molar-refractivity contribution is 0.0827. The molecule has 1 aromatic rings. The lowest BCUT2D eigenvalue weighted by Crippen LogP contribution is -2.45. The number of carbonyl (C=O) groups is 1. The van der Waals surface area contributed by atoms with Gasteiger partial charge >= 0.3 is 0 Å². The molecule has 27 heavy (non-hydrogen) atoms. The number of guanidine groups is 1. The molecule has 0 heterocycles. The summed E-state index contributed by atoms with van der Waals surface area (Å²) in [4.78, 5) is 18.3. The molecule has 1 aliphatic carbocycles. The Morgan fingerprint density at radius 1 is 1.26 bits per heavy atom. The van der Waals surface area contributed by atoms with E-state index in [2.05, 4.69) is 22.5 Å². The SMILES string of the molecule is CCNC(=NCCc1cccc(C(=O)N(C)C)c1)NC1CCC(O)CC1.I. The Morgan fingerprint density at radius 2 is 1.96 bits per heavy atom. The van der Waals surface area contributed by atoms with Crippen molar-refractivity contribution < 1.29 is 9.90 Å². The van der Waals surface area contributed by atoms with E-state index in [-0.39, 0.29) is 36.0 Å². The van der Waals surface area contributed by atoms with Crippen molar-refractivity contribution in [1.29, 1.82) is 0 Å². The molecule has 6 nitrogen and oxygen atoms in total. The van der Waals surface area contributed by atoms with Gasteiger partial charge in [-0.2, -0.15) is 0 Å². The summed E-state index contributed by atoms with van der Waals surface area (Å²) < 4.78 is 0. The number of halogens is 1. The van der Waals surface area contributed by atoms with E-state index in [9.17, 15) is 9.90 Å². The third-order valence-corrected chi connectivity index (χ3v) is 4.63. The van der Waals surface area contributed by atoms with Crippen LogP contribution in [0.4, 0.5) is 0 Å². The van der Waals surface area contributed by atoms with Crippen molar-refractivity contribution in [2.24, 2.45) is 4.99 Å². The molecule has 1 saturated carbocycles. The number of nitrogens with one attached hydrogen (secondary N) is 2. The molecule has 2 rings (SSSR count). The number of nitrogens with zero attached hydrogens (tertiary/aromatic N) is 2. The first-order valence-electron chi connectivity index (χ1n) is 9.53. The fraction of sp³-hybridized carbons (Fsp3) is 0.600. The van der Waals surface area contributed by atoms with Gasteiger partial charge in [-0.05, 0) is 56.7 Å². The van der Waals surface area contributed by atoms with Crippen LogP contribution in [0.15, 0.2) is 29.3 Å². The summed E-state index contributed by atoms with van der Waals surface area (Å²) >= 11 is 0. The summed E-state index contributed by atoms with van der Waals surface area (Å²) in [5.41, 5.74) is 1.82. The van der Waals surface area contributed by atoms with Gasteiger partial charge in [-0.1, -0.05) is 12.1 Å². The predicted octanol–water partition coefficient (Wildman–Crippen LogP) is 2.41. The molecule has 0 saturated heterocycles. The summed E-state index contributed by atoms with van der Waals surface area (Å²) in [5.74, 6) is 0.847. The van der Waals surface area contributed by atoms with Crippen LogP contribution >= 0.6 is 24.0 Å². The minimum absolute atomic E-state index is 0. The molecule has 0 radical (unpaired) electrons. The molecule has 3 N–H and O–H groups in total. The number of aliphatic imine (C=N–C) groups is 1. The molecule has 0 aliphatic heterocycles. The minimum atomic E-state index is -0.148. The number of amides is 1. The molecule has 152 valence electrons. The number of benzene rings is 1. The normalized spacial score (nSPS) is 19.8. The molecular formula is C20H33IN4O2. The molecule has 0 bridgehead atoms. The standard InChI is InChI=1S/C20H32N4O2.HI/c1-4-21-20(23-17-8-10-18(25)11-9-17)22-13-12-15-6-5-7-16(14-15)19(26)24(2)3;/h5-7,14,17-18,25H,4,8-13H2,1-3H3,(H2,21,22,23);1H. The van der Waals surface area contributed by atoms with Crippen LogP contribution in [-0.4, -0.2) is 61.2 Å². The van der Waals surface area contributed by atoms with Crippen LogP contribution in [0.25, 0.3) is 0 Å². The van der Waals surface area contributed by atoms with Crippen LogP contribution in [0.5, 0.6) is 0 Å². The highest BCUT2D eigenvalue weighted by Crippen LogP contribution is 2.18. The molecule has 1 aromatic carbocycles. The van der Waals surface area contributed by atoms with E-state index in [4.69, 9.17) is 0 Å². The lowest BCUT2D eigenvalue weighted by Gasteiger charge is -2.27. The number of aliphatic hydroxyl groups is 1. The van der Waals surface area contributed by atoms with Crippen LogP contribution in [0.1, 0.15) is 48.5 Å². The first kappa shape index (κ1) is 23.7. The third kappa shape index (κ3) is 8.04. The summed E-state index contributed by atoms with van der Waals surface area (Å²) in [7, 11) is 3.52. The van der Waals surface area contributed by atoms with E-state index in [1.54, 1.807) is 19.0 Å². The average Bonchev–Trinajstić information content (AvgIpc) is 2.63. The first-order valence-corrected chi connectivity index (χ1v) is 9.53. The van der Waals surface area contributed by atoms with Crippen molar-refractivity contribution in [3.05, 3.63) is 35.4 Å². The van der Waals surface area contributed by atoms with Crippen molar-refractivity contribution in [3.8, 4) is 0 Å². The van der Waals surface area contributed by atoms with E-state index < -0.39 is 0 Å². The number of aliphatic hydroxyl groups excluding tert-OH is 1. The fourth-order valence-corrected chi connectivity index (χ4v) is 3.15. The van der Waals surface area contributed by atoms with Crippen LogP contribution in [0, 0.1) is 0 Å². The largest absolute Gasteiger partial charge is 0.393 e. The fourth-order valence-electron chi connectivity index (χ4n) is 3.15. The Kier molecular flexibility index (Phi) is 10.7. The number of carbonyl (C=O) groups excluding carboxylic acids is 1. The maximum atomic E-state index is 12.1. The van der Waals surface area contributed by atoms with E-state index in [0.29, 0.717) is 18.2 Å². The zero-order chi connectivity index (χ0) is 18.9. The second kappa shape index (κ2) is 12.2. The van der Waals surface area contributed by atoms with Gasteiger partial charge in [0.05, 0.1) is 6.10 Å². The van der Waals surface area contributed by atoms with Gasteiger partial charge in [-0.25, -0.2) is 0 Å². The summed E-state index contributed by atoms with van der Waals surface area (Å²) in [5, 5.41) is 16.4. The summed E-state index contributed by atoms with van der Waals surface area (Å²) in [6.07, 6.45) is 4.28. The van der Waals surface area contributed by atoms with E-state index in [1.807, 2.05) is 24.3 Å². The van der Waals surface area contributed by atoms with Gasteiger partial charge in [-0.3, -0.25) is 9.79 Å². The Labute approximate surface area is 179 Å². The van der Waals surface area contributed by atoms with E-state index >= 15 is 0 Å². The molecule has 1 amide bonds. The van der Waals surface area contributed by atoms with Crippen molar-refractivity contribution in [1.82, 2.24) is 15.5 Å². The van der Waals surface area contributed by atoms with Gasteiger partial charge in [0.1, 0.15) is 0 Å². The van der Waals surface area contributed by atoms with Gasteiger partial charge in [0.25, 0.3) is 5.91 Å². The number of hydrogen-bond acceptors (Lipinski definition) is 3. The molecule has 7 heteroatoms. The molecule has 1 fully saturated rings. The van der Waals surface area contributed by atoms with Crippen molar-refractivity contribution in [3.63, 3.8) is 0 Å². The van der Waals surface area contributed by atoms with Gasteiger partial charge in [0.15, 0.2) is 5.96 Å². The van der Waals surface area contributed by atoms with Crippen LogP contribution in [0.3, 0.4) is 0 Å². The lowest BCUT2D eigenvalue weighted by atomic mass is 9.93. The van der Waals surface area contributed by atoms with Gasteiger partial charge in [-0.15, -0.1) is 24.0 Å². The van der Waals surface area contributed by atoms with Crippen LogP contribution in [0.2, 0.25) is 0 Å². The van der Waals surface area contributed by atoms with Crippen LogP contribution in [-0.2, 0) is 6.42 Å². The van der Waals surface area contributed by atoms with E-state index in [1.165, 1.54) is 0 Å². The molecule has 0 spiro atoms. The Hall–Kier alpha value is -1.35. The van der Waals surface area contributed by atoms with E-state index in [0.717, 1.165) is 50.2 Å². The monoisotopic (exact) mass is 488 g/mol. The van der Waals surface area contributed by atoms with Crippen molar-refractivity contribution >= 4 is 35.8 Å². The maximum absolute atomic E-state index is 12.1. The number of hydrogen-bond donors (Lipinski definition) is 3. The highest BCUT2D eigenvalue weighted by molar-refractivity contribution is 14.0. The molecule has 1 aliphatic rings. The molecular weight excluding hydrogens is 455 g/mol. The number of rotatable bonds is 6. The Morgan fingerprint density at radius 3 is 2.59 bits per heavy atom. The highest BCUT2D eigenvalue weighted by Gasteiger charge is 2.19. The molecule has 0 unspecified atom stereocenters. The van der Waals surface area contributed by atoms with Gasteiger partial charge < -0.3 is 20.6 Å². The summed E-state index contributed by atoms with van der Waals surface area (Å²) in [6, 6.07) is 8.12.